The van der Waals surface area contributed by atoms with Crippen LogP contribution in [-0.2, 0) is 17.6 Å². The Hall–Kier alpha value is -2.62. The van der Waals surface area contributed by atoms with Crippen LogP contribution in [0, 0.1) is 0 Å². The molecule has 0 aliphatic rings. The van der Waals surface area contributed by atoms with Crippen molar-refractivity contribution in [1.82, 2.24) is 5.32 Å². The van der Waals surface area contributed by atoms with Crippen molar-refractivity contribution in [2.45, 2.75) is 25.8 Å². The van der Waals surface area contributed by atoms with Gasteiger partial charge in [-0.3, -0.25) is 4.79 Å². The Labute approximate surface area is 129 Å². The zero-order chi connectivity index (χ0) is 15.9. The van der Waals surface area contributed by atoms with Gasteiger partial charge < -0.3 is 10.4 Å². The second-order valence-corrected chi connectivity index (χ2v) is 5.10. The monoisotopic (exact) mass is 297 g/mol. The molecule has 2 aromatic carbocycles. The summed E-state index contributed by atoms with van der Waals surface area (Å²) >= 11 is 0. The van der Waals surface area contributed by atoms with Gasteiger partial charge in [-0.1, -0.05) is 49.4 Å². The van der Waals surface area contributed by atoms with Crippen molar-refractivity contribution in [1.29, 1.82) is 0 Å². The minimum absolute atomic E-state index is 0.259. The van der Waals surface area contributed by atoms with E-state index in [0.29, 0.717) is 5.56 Å². The maximum atomic E-state index is 12.2. The summed E-state index contributed by atoms with van der Waals surface area (Å²) in [5.74, 6) is -1.41. The second-order valence-electron chi connectivity index (χ2n) is 5.10. The lowest BCUT2D eigenvalue weighted by atomic mass is 10.0. The first-order valence-electron chi connectivity index (χ1n) is 7.26. The van der Waals surface area contributed by atoms with E-state index in [9.17, 15) is 14.7 Å². The Kier molecular flexibility index (Phi) is 5.31. The lowest BCUT2D eigenvalue weighted by molar-refractivity contribution is -0.139. The molecule has 0 aliphatic carbocycles. The molecule has 0 spiro atoms. The molecular formula is C18H19NO3. The van der Waals surface area contributed by atoms with Crippen LogP contribution in [0.5, 0.6) is 0 Å². The molecule has 114 valence electrons. The number of carbonyl (C=O) groups is 2. The van der Waals surface area contributed by atoms with Crippen LogP contribution in [0.4, 0.5) is 0 Å². The molecule has 0 unspecified atom stereocenters. The van der Waals surface area contributed by atoms with Crippen molar-refractivity contribution in [2.24, 2.45) is 0 Å². The summed E-state index contributed by atoms with van der Waals surface area (Å²) in [4.78, 5) is 23.5. The molecule has 0 aromatic heterocycles. The predicted octanol–water partition coefficient (Wildman–Crippen LogP) is 2.67. The van der Waals surface area contributed by atoms with Crippen LogP contribution in [0.25, 0.3) is 0 Å². The van der Waals surface area contributed by atoms with Crippen LogP contribution in [0.3, 0.4) is 0 Å². The Morgan fingerprint density at radius 2 is 1.64 bits per heavy atom. The molecule has 0 fully saturated rings. The van der Waals surface area contributed by atoms with E-state index >= 15 is 0 Å². The predicted molar refractivity (Wildman–Crippen MR) is 84.9 cm³/mol. The molecule has 1 atom stereocenters. The van der Waals surface area contributed by atoms with Crippen molar-refractivity contribution < 1.29 is 14.7 Å². The number of carbonyl (C=O) groups excluding carboxylic acids is 1. The van der Waals surface area contributed by atoms with Gasteiger partial charge in [0.05, 0.1) is 0 Å². The standard InChI is InChI=1S/C18H19NO3/c1-2-13-8-10-15(11-9-13)17(20)19-16(18(21)22)12-14-6-4-3-5-7-14/h3-11,16H,2,12H2,1H3,(H,19,20)(H,21,22)/t16-/m1/s1. The van der Waals surface area contributed by atoms with Crippen molar-refractivity contribution in [3.8, 4) is 0 Å². The molecule has 0 heterocycles. The van der Waals surface area contributed by atoms with Gasteiger partial charge in [-0.2, -0.15) is 0 Å². The third kappa shape index (κ3) is 4.19. The van der Waals surface area contributed by atoms with E-state index in [-0.39, 0.29) is 12.3 Å². The summed E-state index contributed by atoms with van der Waals surface area (Å²) in [5, 5.41) is 11.9. The summed E-state index contributed by atoms with van der Waals surface area (Å²) in [5.41, 5.74) is 2.48. The van der Waals surface area contributed by atoms with Crippen LogP contribution in [0.15, 0.2) is 54.6 Å². The fraction of sp³-hybridized carbons (Fsp3) is 0.222. The first-order valence-corrected chi connectivity index (χ1v) is 7.26. The second kappa shape index (κ2) is 7.41. The molecule has 2 rings (SSSR count). The minimum atomic E-state index is -1.04. The number of hydrogen-bond donors (Lipinski definition) is 2. The fourth-order valence-corrected chi connectivity index (χ4v) is 2.18. The van der Waals surface area contributed by atoms with Gasteiger partial charge in [0.15, 0.2) is 0 Å². The van der Waals surface area contributed by atoms with Crippen molar-refractivity contribution >= 4 is 11.9 Å². The van der Waals surface area contributed by atoms with Gasteiger partial charge in [-0.25, -0.2) is 4.79 Å². The molecular weight excluding hydrogens is 278 g/mol. The highest BCUT2D eigenvalue weighted by Crippen LogP contribution is 2.07. The van der Waals surface area contributed by atoms with Gasteiger partial charge in [-0.05, 0) is 29.7 Å². The van der Waals surface area contributed by atoms with Crippen LogP contribution in [0.2, 0.25) is 0 Å². The molecule has 2 N–H and O–H groups in total. The molecule has 1 amide bonds. The highest BCUT2D eigenvalue weighted by atomic mass is 16.4. The number of hydrogen-bond acceptors (Lipinski definition) is 2. The number of carboxylic acids is 1. The Morgan fingerprint density at radius 1 is 1.00 bits per heavy atom. The van der Waals surface area contributed by atoms with Crippen LogP contribution < -0.4 is 5.32 Å². The Morgan fingerprint density at radius 3 is 2.18 bits per heavy atom. The molecule has 4 heteroatoms. The number of nitrogens with one attached hydrogen (secondary N) is 1. The summed E-state index contributed by atoms with van der Waals surface area (Å²) < 4.78 is 0. The molecule has 0 saturated carbocycles. The van der Waals surface area contributed by atoms with Gasteiger partial charge in [-0.15, -0.1) is 0 Å². The third-order valence-corrected chi connectivity index (χ3v) is 3.51. The summed E-state index contributed by atoms with van der Waals surface area (Å²) in [7, 11) is 0. The van der Waals surface area contributed by atoms with E-state index in [0.717, 1.165) is 17.5 Å². The van der Waals surface area contributed by atoms with E-state index in [2.05, 4.69) is 5.32 Å². The molecule has 4 nitrogen and oxygen atoms in total. The highest BCUT2D eigenvalue weighted by molar-refractivity contribution is 5.96. The number of carboxylic acid groups (broad SMARTS) is 1. The van der Waals surface area contributed by atoms with E-state index < -0.39 is 12.0 Å². The third-order valence-electron chi connectivity index (χ3n) is 3.51. The zero-order valence-corrected chi connectivity index (χ0v) is 12.5. The first kappa shape index (κ1) is 15.8. The summed E-state index contributed by atoms with van der Waals surface area (Å²) in [6.45, 7) is 2.04. The zero-order valence-electron chi connectivity index (χ0n) is 12.5. The molecule has 0 bridgehead atoms. The largest absolute Gasteiger partial charge is 0.480 e. The van der Waals surface area contributed by atoms with Crippen molar-refractivity contribution in [2.75, 3.05) is 0 Å². The van der Waals surface area contributed by atoms with Gasteiger partial charge in [0, 0.05) is 12.0 Å². The maximum absolute atomic E-state index is 12.2. The number of amides is 1. The van der Waals surface area contributed by atoms with Gasteiger partial charge in [0.25, 0.3) is 5.91 Å². The SMILES string of the molecule is CCc1ccc(C(=O)N[C@H](Cc2ccccc2)C(=O)O)cc1. The maximum Gasteiger partial charge on any atom is 0.326 e. The van der Waals surface area contributed by atoms with Crippen molar-refractivity contribution in [3.05, 3.63) is 71.3 Å². The number of aliphatic carboxylic acids is 1. The van der Waals surface area contributed by atoms with Crippen LogP contribution in [-0.4, -0.2) is 23.0 Å². The molecule has 0 radical (unpaired) electrons. The number of aryl methyl sites for hydroxylation is 1. The normalized spacial score (nSPS) is 11.7. The molecule has 0 aliphatic heterocycles. The summed E-state index contributed by atoms with van der Waals surface area (Å²) in [6.07, 6.45) is 1.16. The average Bonchev–Trinajstić information content (AvgIpc) is 2.55. The number of benzene rings is 2. The first-order chi connectivity index (χ1) is 10.6. The smallest absolute Gasteiger partial charge is 0.326 e. The van der Waals surface area contributed by atoms with Gasteiger partial charge in [0.2, 0.25) is 0 Å². The lowest BCUT2D eigenvalue weighted by Crippen LogP contribution is -2.42. The van der Waals surface area contributed by atoms with Crippen LogP contribution >= 0.6 is 0 Å². The Bertz CT molecular complexity index is 635. The quantitative estimate of drug-likeness (QED) is 0.861. The minimum Gasteiger partial charge on any atom is -0.480 e. The average molecular weight is 297 g/mol. The van der Waals surface area contributed by atoms with E-state index in [4.69, 9.17) is 0 Å². The van der Waals surface area contributed by atoms with E-state index in [1.165, 1.54) is 0 Å². The van der Waals surface area contributed by atoms with Crippen molar-refractivity contribution in [3.63, 3.8) is 0 Å². The van der Waals surface area contributed by atoms with E-state index in [1.807, 2.05) is 49.4 Å². The topological polar surface area (TPSA) is 66.4 Å². The van der Waals surface area contributed by atoms with Gasteiger partial charge >= 0.3 is 5.97 Å². The highest BCUT2D eigenvalue weighted by Gasteiger charge is 2.21. The summed E-state index contributed by atoms with van der Waals surface area (Å²) in [6, 6.07) is 15.5. The van der Waals surface area contributed by atoms with Gasteiger partial charge in [0.1, 0.15) is 6.04 Å². The molecule has 22 heavy (non-hydrogen) atoms. The molecule has 0 saturated heterocycles. The lowest BCUT2D eigenvalue weighted by Gasteiger charge is -2.15. The number of rotatable bonds is 6. The fourth-order valence-electron chi connectivity index (χ4n) is 2.18. The van der Waals surface area contributed by atoms with E-state index in [1.54, 1.807) is 12.1 Å². The van der Waals surface area contributed by atoms with Crippen LogP contribution in [0.1, 0.15) is 28.4 Å². The molecule has 2 aromatic rings. The Balaban J connectivity index is 2.06.